The molecule has 7 nitrogen and oxygen atoms in total. The van der Waals surface area contributed by atoms with Gasteiger partial charge in [0.25, 0.3) is 5.91 Å². The zero-order valence-corrected chi connectivity index (χ0v) is 11.6. The summed E-state index contributed by atoms with van der Waals surface area (Å²) in [5.74, 6) is 0.164. The molecular formula is C14H14N2O5. The third-order valence-corrected chi connectivity index (χ3v) is 2.98. The summed E-state index contributed by atoms with van der Waals surface area (Å²) in [4.78, 5) is 23.6. The van der Waals surface area contributed by atoms with Crippen molar-refractivity contribution in [1.29, 1.82) is 0 Å². The van der Waals surface area contributed by atoms with Gasteiger partial charge in [-0.25, -0.2) is 0 Å². The van der Waals surface area contributed by atoms with Gasteiger partial charge in [-0.05, 0) is 25.1 Å². The maximum Gasteiger partial charge on any atom is 0.311 e. The number of carbonyl (C=O) groups is 1. The molecule has 0 bridgehead atoms. The number of hydrogen-bond donors (Lipinski definition) is 1. The summed E-state index contributed by atoms with van der Waals surface area (Å²) in [6, 6.07) is 7.36. The van der Waals surface area contributed by atoms with E-state index in [9.17, 15) is 20.0 Å². The van der Waals surface area contributed by atoms with E-state index in [1.54, 1.807) is 19.1 Å². The molecular weight excluding hydrogens is 276 g/mol. The number of benzene rings is 1. The summed E-state index contributed by atoms with van der Waals surface area (Å²) in [6.07, 6.45) is 0. The number of hydrogen-bond acceptors (Lipinski definition) is 5. The molecule has 1 N–H and O–H groups in total. The van der Waals surface area contributed by atoms with Crippen molar-refractivity contribution in [1.82, 2.24) is 4.90 Å². The highest BCUT2D eigenvalue weighted by Gasteiger charge is 2.23. The number of para-hydroxylation sites is 1. The van der Waals surface area contributed by atoms with Crippen LogP contribution in [0.4, 0.5) is 5.69 Å². The van der Waals surface area contributed by atoms with Gasteiger partial charge in [0.05, 0.1) is 17.0 Å². The number of carbonyl (C=O) groups excluding carboxylic acids is 1. The Morgan fingerprint density at radius 1 is 1.38 bits per heavy atom. The lowest BCUT2D eigenvalue weighted by molar-refractivity contribution is -0.385. The normalized spacial score (nSPS) is 10.4. The minimum Gasteiger partial charge on any atom is -0.502 e. The summed E-state index contributed by atoms with van der Waals surface area (Å²) in [6.45, 7) is 1.99. The Hall–Kier alpha value is -2.83. The minimum absolute atomic E-state index is 0.116. The standard InChI is InChI=1S/C14H14N2O5/c1-9-6-7-10(21-9)8-15(2)14(18)11-4-3-5-12(13(11)17)16(19)20/h3-7,17H,8H2,1-2H3. The Kier molecular flexibility index (Phi) is 3.93. The summed E-state index contributed by atoms with van der Waals surface area (Å²) >= 11 is 0. The van der Waals surface area contributed by atoms with Crippen LogP contribution in [0.15, 0.2) is 34.7 Å². The van der Waals surface area contributed by atoms with Crippen LogP contribution >= 0.6 is 0 Å². The van der Waals surface area contributed by atoms with E-state index in [0.29, 0.717) is 5.76 Å². The molecule has 0 radical (unpaired) electrons. The largest absolute Gasteiger partial charge is 0.502 e. The molecule has 0 fully saturated rings. The SMILES string of the molecule is Cc1ccc(CN(C)C(=O)c2cccc([N+](=O)[O-])c2O)o1. The molecule has 110 valence electrons. The van der Waals surface area contributed by atoms with E-state index in [0.717, 1.165) is 11.8 Å². The average Bonchev–Trinajstić information content (AvgIpc) is 2.83. The number of aromatic hydroxyl groups is 1. The lowest BCUT2D eigenvalue weighted by Crippen LogP contribution is -2.26. The average molecular weight is 290 g/mol. The van der Waals surface area contributed by atoms with Crippen molar-refractivity contribution in [3.8, 4) is 5.75 Å². The Morgan fingerprint density at radius 2 is 2.10 bits per heavy atom. The van der Waals surface area contributed by atoms with Crippen molar-refractivity contribution in [3.63, 3.8) is 0 Å². The number of aryl methyl sites for hydroxylation is 1. The van der Waals surface area contributed by atoms with Crippen molar-refractivity contribution in [3.05, 3.63) is 57.5 Å². The van der Waals surface area contributed by atoms with Gasteiger partial charge >= 0.3 is 5.69 Å². The predicted octanol–water partition coefficient (Wildman–Crippen LogP) is 2.47. The van der Waals surface area contributed by atoms with Gasteiger partial charge in [0.15, 0.2) is 0 Å². The fraction of sp³-hybridized carbons (Fsp3) is 0.214. The van der Waals surface area contributed by atoms with Crippen LogP contribution in [0.3, 0.4) is 0 Å². The van der Waals surface area contributed by atoms with E-state index < -0.39 is 22.3 Å². The quantitative estimate of drug-likeness (QED) is 0.689. The van der Waals surface area contributed by atoms with Gasteiger partial charge in [0.1, 0.15) is 11.5 Å². The van der Waals surface area contributed by atoms with Gasteiger partial charge in [0.2, 0.25) is 5.75 Å². The summed E-state index contributed by atoms with van der Waals surface area (Å²) in [5.41, 5.74) is -0.613. The number of nitro groups is 1. The van der Waals surface area contributed by atoms with Crippen LogP contribution in [0.1, 0.15) is 21.9 Å². The number of rotatable bonds is 4. The summed E-state index contributed by atoms with van der Waals surface area (Å²) in [7, 11) is 1.53. The van der Waals surface area contributed by atoms with Crippen LogP contribution in [-0.2, 0) is 6.54 Å². The third-order valence-electron chi connectivity index (χ3n) is 2.98. The van der Waals surface area contributed by atoms with Crippen LogP contribution in [-0.4, -0.2) is 27.9 Å². The maximum atomic E-state index is 12.3. The second-order valence-corrected chi connectivity index (χ2v) is 4.60. The molecule has 1 aromatic heterocycles. The fourth-order valence-corrected chi connectivity index (χ4v) is 1.93. The molecule has 1 heterocycles. The van der Waals surface area contributed by atoms with Gasteiger partial charge in [-0.15, -0.1) is 0 Å². The van der Waals surface area contributed by atoms with E-state index in [-0.39, 0.29) is 12.1 Å². The molecule has 2 rings (SSSR count). The van der Waals surface area contributed by atoms with Crippen LogP contribution in [0.5, 0.6) is 5.75 Å². The molecule has 0 aliphatic rings. The predicted molar refractivity (Wildman–Crippen MR) is 74.0 cm³/mol. The molecule has 0 spiro atoms. The van der Waals surface area contributed by atoms with Gasteiger partial charge in [-0.1, -0.05) is 6.07 Å². The topological polar surface area (TPSA) is 96.8 Å². The molecule has 0 aliphatic carbocycles. The second-order valence-electron chi connectivity index (χ2n) is 4.60. The zero-order valence-electron chi connectivity index (χ0n) is 11.6. The van der Waals surface area contributed by atoms with Crippen LogP contribution in [0.2, 0.25) is 0 Å². The first kappa shape index (κ1) is 14.6. The number of nitrogens with zero attached hydrogens (tertiary/aromatic N) is 2. The highest BCUT2D eigenvalue weighted by Crippen LogP contribution is 2.30. The molecule has 0 unspecified atom stereocenters. The molecule has 0 atom stereocenters. The van der Waals surface area contributed by atoms with Crippen molar-refractivity contribution in [2.45, 2.75) is 13.5 Å². The Bertz CT molecular complexity index is 692. The monoisotopic (exact) mass is 290 g/mol. The summed E-state index contributed by atoms with van der Waals surface area (Å²) < 4.78 is 5.37. The van der Waals surface area contributed by atoms with E-state index in [2.05, 4.69) is 0 Å². The number of amides is 1. The number of furan rings is 1. The highest BCUT2D eigenvalue weighted by atomic mass is 16.6. The fourth-order valence-electron chi connectivity index (χ4n) is 1.93. The van der Waals surface area contributed by atoms with Gasteiger partial charge < -0.3 is 14.4 Å². The smallest absolute Gasteiger partial charge is 0.311 e. The Labute approximate surface area is 120 Å². The molecule has 0 saturated heterocycles. The second kappa shape index (κ2) is 5.66. The number of nitro benzene ring substituents is 1. The third kappa shape index (κ3) is 3.02. The van der Waals surface area contributed by atoms with Gasteiger partial charge in [-0.3, -0.25) is 14.9 Å². The van der Waals surface area contributed by atoms with Crippen LogP contribution < -0.4 is 0 Å². The van der Waals surface area contributed by atoms with E-state index >= 15 is 0 Å². The van der Waals surface area contributed by atoms with Gasteiger partial charge in [-0.2, -0.15) is 0 Å². The Balaban J connectivity index is 2.23. The molecule has 0 saturated carbocycles. The highest BCUT2D eigenvalue weighted by molar-refractivity contribution is 5.97. The summed E-state index contributed by atoms with van der Waals surface area (Å²) in [5, 5.41) is 20.6. The van der Waals surface area contributed by atoms with Gasteiger partial charge in [0, 0.05) is 13.1 Å². The first-order chi connectivity index (χ1) is 9.90. The molecule has 1 amide bonds. The number of phenols is 1. The van der Waals surface area contributed by atoms with Crippen molar-refractivity contribution < 1.29 is 19.2 Å². The molecule has 1 aromatic carbocycles. The van der Waals surface area contributed by atoms with Crippen LogP contribution in [0.25, 0.3) is 0 Å². The lowest BCUT2D eigenvalue weighted by Gasteiger charge is -2.16. The maximum absolute atomic E-state index is 12.3. The van der Waals surface area contributed by atoms with Crippen molar-refractivity contribution in [2.24, 2.45) is 0 Å². The Morgan fingerprint density at radius 3 is 2.67 bits per heavy atom. The lowest BCUT2D eigenvalue weighted by atomic mass is 10.1. The molecule has 2 aromatic rings. The van der Waals surface area contributed by atoms with E-state index in [1.807, 2.05) is 0 Å². The minimum atomic E-state index is -0.734. The first-order valence-electron chi connectivity index (χ1n) is 6.17. The molecule has 21 heavy (non-hydrogen) atoms. The number of phenolic OH excluding ortho intramolecular Hbond substituents is 1. The first-order valence-corrected chi connectivity index (χ1v) is 6.17. The van der Waals surface area contributed by atoms with Crippen molar-refractivity contribution >= 4 is 11.6 Å². The molecule has 7 heteroatoms. The zero-order chi connectivity index (χ0) is 15.6. The van der Waals surface area contributed by atoms with E-state index in [4.69, 9.17) is 4.42 Å². The van der Waals surface area contributed by atoms with E-state index in [1.165, 1.54) is 24.1 Å². The van der Waals surface area contributed by atoms with Crippen LogP contribution in [0, 0.1) is 17.0 Å². The van der Waals surface area contributed by atoms with Crippen molar-refractivity contribution in [2.75, 3.05) is 7.05 Å². The molecule has 0 aliphatic heterocycles.